The number of likely N-dealkylation sites (tertiary alicyclic amines) is 1. The fourth-order valence-electron chi connectivity index (χ4n) is 7.30. The highest BCUT2D eigenvalue weighted by atomic mass is 32.2. The molecule has 1 saturated heterocycles. The van der Waals surface area contributed by atoms with Crippen LogP contribution in [0.3, 0.4) is 0 Å². The van der Waals surface area contributed by atoms with Gasteiger partial charge >= 0.3 is 18.0 Å². The number of carbonyl (C=O) groups excluding carboxylic acids is 1. The van der Waals surface area contributed by atoms with Crippen LogP contribution in [0.5, 0.6) is 0 Å². The molecule has 0 bridgehead atoms. The summed E-state index contributed by atoms with van der Waals surface area (Å²) in [7, 11) is -4.52. The van der Waals surface area contributed by atoms with Crippen molar-refractivity contribution in [2.75, 3.05) is 6.54 Å². The quantitative estimate of drug-likeness (QED) is 0.272. The normalized spacial score (nSPS) is 25.6. The molecule has 13 heteroatoms. The van der Waals surface area contributed by atoms with Crippen LogP contribution in [-0.2, 0) is 31.5 Å². The lowest BCUT2D eigenvalue weighted by atomic mass is 9.76. The Balaban J connectivity index is 1.69. The zero-order valence-electron chi connectivity index (χ0n) is 23.1. The van der Waals surface area contributed by atoms with E-state index in [-0.39, 0.29) is 47.7 Å². The van der Waals surface area contributed by atoms with Crippen LogP contribution in [-0.4, -0.2) is 44.2 Å². The summed E-state index contributed by atoms with van der Waals surface area (Å²) < 4.78 is 137. The number of alkyl halides is 7. The Hall–Kier alpha value is -2.70. The van der Waals surface area contributed by atoms with Crippen LogP contribution in [0.15, 0.2) is 47.4 Å². The zero-order valence-corrected chi connectivity index (χ0v) is 23.9. The van der Waals surface area contributed by atoms with Crippen molar-refractivity contribution in [3.8, 4) is 0 Å². The van der Waals surface area contributed by atoms with Gasteiger partial charge in [0.05, 0.1) is 10.9 Å². The standard InChI is InChI=1S/C29H29F8NO3S/c1-24(2)22(25(24,3)4)23(39)38-14-13-26(42(40,41)19-9-7-18(30)8-10-19)20-11-6-17(15-16(20)5-12-21(26)38)27(31,28(32,33)34)29(35,36)37/h6-11,15,21-22H,5,12-14H2,1-4H3/t21-,26-/m0/s1. The molecule has 2 aliphatic carbocycles. The van der Waals surface area contributed by atoms with Gasteiger partial charge in [-0.3, -0.25) is 4.79 Å². The van der Waals surface area contributed by atoms with Gasteiger partial charge in [-0.1, -0.05) is 45.9 Å². The summed E-state index contributed by atoms with van der Waals surface area (Å²) >= 11 is 0. The summed E-state index contributed by atoms with van der Waals surface area (Å²) in [6.45, 7) is 7.62. The number of hydrogen-bond acceptors (Lipinski definition) is 3. The second kappa shape index (κ2) is 8.92. The number of benzene rings is 2. The Bertz CT molecular complexity index is 1520. The first-order chi connectivity index (χ1) is 19.1. The van der Waals surface area contributed by atoms with E-state index in [0.717, 1.165) is 30.3 Å². The van der Waals surface area contributed by atoms with Crippen molar-refractivity contribution in [2.24, 2.45) is 16.7 Å². The number of carbonyl (C=O) groups is 1. The summed E-state index contributed by atoms with van der Waals surface area (Å²) in [5, 5.41) is 0. The first kappa shape index (κ1) is 30.7. The molecule has 1 aliphatic heterocycles. The Kier molecular flexibility index (Phi) is 6.53. The molecule has 0 spiro atoms. The molecule has 42 heavy (non-hydrogen) atoms. The predicted octanol–water partition coefficient (Wildman–Crippen LogP) is 7.01. The topological polar surface area (TPSA) is 54.5 Å². The maximum atomic E-state index is 15.0. The minimum Gasteiger partial charge on any atom is -0.337 e. The van der Waals surface area contributed by atoms with Gasteiger partial charge in [-0.25, -0.2) is 17.2 Å². The van der Waals surface area contributed by atoms with Crippen LogP contribution in [0.1, 0.15) is 57.2 Å². The van der Waals surface area contributed by atoms with Gasteiger partial charge in [0.2, 0.25) is 5.91 Å². The summed E-state index contributed by atoms with van der Waals surface area (Å²) in [5.41, 5.74) is -8.47. The average molecular weight is 624 g/mol. The number of aryl methyl sites for hydroxylation is 1. The summed E-state index contributed by atoms with van der Waals surface area (Å²) in [4.78, 5) is 15.0. The first-order valence-electron chi connectivity index (χ1n) is 13.3. The molecule has 1 heterocycles. The Morgan fingerprint density at radius 2 is 1.43 bits per heavy atom. The summed E-state index contributed by atoms with van der Waals surface area (Å²) in [6, 6.07) is 4.44. The fraction of sp³-hybridized carbons (Fsp3) is 0.552. The molecule has 0 N–H and O–H groups in total. The van der Waals surface area contributed by atoms with E-state index in [0.29, 0.717) is 12.1 Å². The number of nitrogens with zero attached hydrogens (tertiary/aromatic N) is 1. The predicted molar refractivity (Wildman–Crippen MR) is 136 cm³/mol. The molecule has 1 saturated carbocycles. The van der Waals surface area contributed by atoms with Gasteiger partial charge in [-0.15, -0.1) is 0 Å². The molecule has 230 valence electrons. The Labute approximate surface area is 238 Å². The van der Waals surface area contributed by atoms with E-state index in [1.807, 2.05) is 27.7 Å². The van der Waals surface area contributed by atoms with Gasteiger partial charge < -0.3 is 4.90 Å². The minimum absolute atomic E-state index is 0.0358. The highest BCUT2D eigenvalue weighted by Crippen LogP contribution is 2.69. The number of sulfone groups is 1. The molecule has 0 unspecified atom stereocenters. The lowest BCUT2D eigenvalue weighted by Gasteiger charge is -2.43. The van der Waals surface area contributed by atoms with Gasteiger partial charge in [0, 0.05) is 18.0 Å². The van der Waals surface area contributed by atoms with Crippen molar-refractivity contribution >= 4 is 15.7 Å². The van der Waals surface area contributed by atoms with Crippen molar-refractivity contribution in [1.82, 2.24) is 4.90 Å². The highest BCUT2D eigenvalue weighted by Gasteiger charge is 2.74. The van der Waals surface area contributed by atoms with Crippen LogP contribution in [0.25, 0.3) is 0 Å². The third kappa shape index (κ3) is 3.83. The number of amides is 1. The molecule has 4 nitrogen and oxygen atoms in total. The van der Waals surface area contributed by atoms with E-state index in [4.69, 9.17) is 0 Å². The van der Waals surface area contributed by atoms with E-state index < -0.39 is 66.8 Å². The Morgan fingerprint density at radius 3 is 1.93 bits per heavy atom. The van der Waals surface area contributed by atoms with Crippen LogP contribution >= 0.6 is 0 Å². The molecule has 2 fully saturated rings. The molecule has 3 aliphatic rings. The monoisotopic (exact) mass is 623 g/mol. The molecule has 2 aromatic rings. The van der Waals surface area contributed by atoms with Crippen LogP contribution < -0.4 is 0 Å². The van der Waals surface area contributed by atoms with E-state index in [1.165, 1.54) is 4.90 Å². The molecule has 2 atom stereocenters. The molecular formula is C29H29F8NO3S. The van der Waals surface area contributed by atoms with Crippen molar-refractivity contribution in [1.29, 1.82) is 0 Å². The van der Waals surface area contributed by atoms with Crippen molar-refractivity contribution < 1.29 is 48.3 Å². The molecule has 1 amide bonds. The zero-order chi connectivity index (χ0) is 31.5. The van der Waals surface area contributed by atoms with Crippen molar-refractivity contribution in [3.63, 3.8) is 0 Å². The maximum Gasteiger partial charge on any atom is 0.435 e. The first-order valence-corrected chi connectivity index (χ1v) is 14.8. The maximum absolute atomic E-state index is 15.0. The number of halogens is 8. The largest absolute Gasteiger partial charge is 0.435 e. The van der Waals surface area contributed by atoms with E-state index in [2.05, 4.69) is 0 Å². The SMILES string of the molecule is CC1(C)C(C(=O)N2CC[C@]3(S(=O)(=O)c4ccc(F)cc4)c4ccc(C(F)(C(F)(F)F)C(F)(F)F)cc4CC[C@H]23)C1(C)C. The van der Waals surface area contributed by atoms with E-state index >= 15 is 0 Å². The molecule has 0 radical (unpaired) electrons. The number of fused-ring (bicyclic) bond motifs is 3. The van der Waals surface area contributed by atoms with Gasteiger partial charge in [0.25, 0.3) is 0 Å². The van der Waals surface area contributed by atoms with E-state index in [1.54, 1.807) is 0 Å². The van der Waals surface area contributed by atoms with Crippen molar-refractivity contribution in [2.45, 2.75) is 80.7 Å². The second-order valence-electron chi connectivity index (χ2n) is 12.6. The van der Waals surface area contributed by atoms with E-state index in [9.17, 15) is 48.3 Å². The van der Waals surface area contributed by atoms with Gasteiger partial charge in [-0.2, -0.15) is 26.3 Å². The van der Waals surface area contributed by atoms with Gasteiger partial charge in [0.1, 0.15) is 10.6 Å². The second-order valence-corrected chi connectivity index (χ2v) is 14.8. The Morgan fingerprint density at radius 1 is 0.881 bits per heavy atom. The molecule has 0 aromatic heterocycles. The third-order valence-electron chi connectivity index (χ3n) is 10.2. The van der Waals surface area contributed by atoms with Crippen molar-refractivity contribution in [3.05, 3.63) is 65.0 Å². The molecule has 2 aromatic carbocycles. The smallest absolute Gasteiger partial charge is 0.337 e. The summed E-state index contributed by atoms with van der Waals surface area (Å²) in [6.07, 6.45) is -13.2. The van der Waals surface area contributed by atoms with Gasteiger partial charge in [0.15, 0.2) is 9.84 Å². The third-order valence-corrected chi connectivity index (χ3v) is 12.8. The number of rotatable bonds is 4. The van der Waals surface area contributed by atoms with Crippen LogP contribution in [0, 0.1) is 22.6 Å². The average Bonchev–Trinajstić information content (AvgIpc) is 3.14. The number of hydrogen-bond donors (Lipinski definition) is 0. The fourth-order valence-corrected chi connectivity index (χ4v) is 9.66. The lowest BCUT2D eigenvalue weighted by molar-refractivity contribution is -0.348. The molecule has 5 rings (SSSR count). The highest BCUT2D eigenvalue weighted by molar-refractivity contribution is 7.92. The summed E-state index contributed by atoms with van der Waals surface area (Å²) in [5.74, 6) is -1.45. The van der Waals surface area contributed by atoms with Crippen LogP contribution in [0.4, 0.5) is 35.1 Å². The minimum atomic E-state index is -6.34. The van der Waals surface area contributed by atoms with Gasteiger partial charge in [-0.05, 0) is 65.5 Å². The lowest BCUT2D eigenvalue weighted by Crippen LogP contribution is -2.53. The molecular weight excluding hydrogens is 594 g/mol. The van der Waals surface area contributed by atoms with Crippen LogP contribution in [0.2, 0.25) is 0 Å².